The van der Waals surface area contributed by atoms with Crippen molar-refractivity contribution in [2.75, 3.05) is 0 Å². The lowest BCUT2D eigenvalue weighted by molar-refractivity contribution is -0.127. The highest BCUT2D eigenvalue weighted by molar-refractivity contribution is 7.09. The summed E-state index contributed by atoms with van der Waals surface area (Å²) in [5, 5.41) is 5.43. The fourth-order valence-corrected chi connectivity index (χ4v) is 3.08. The van der Waals surface area contributed by atoms with E-state index in [2.05, 4.69) is 10.3 Å². The first-order valence-corrected chi connectivity index (χ1v) is 7.58. The normalized spacial score (nSPS) is 18.1. The monoisotopic (exact) mass is 301 g/mol. The molecular weight excluding hydrogens is 286 g/mol. The Bertz CT molecular complexity index is 669. The van der Waals surface area contributed by atoms with Crippen molar-refractivity contribution >= 4 is 23.3 Å². The molecule has 2 aromatic rings. The van der Waals surface area contributed by atoms with E-state index in [4.69, 9.17) is 0 Å². The molecule has 1 aromatic heterocycles. The van der Waals surface area contributed by atoms with Gasteiger partial charge in [0.1, 0.15) is 11.0 Å². The van der Waals surface area contributed by atoms with E-state index >= 15 is 0 Å². The molecule has 0 spiro atoms. The van der Waals surface area contributed by atoms with E-state index < -0.39 is 6.04 Å². The molecule has 21 heavy (non-hydrogen) atoms. The molecule has 6 heteroatoms. The molecule has 5 nitrogen and oxygen atoms in total. The zero-order chi connectivity index (χ0) is 14.8. The van der Waals surface area contributed by atoms with Crippen molar-refractivity contribution in [1.29, 1.82) is 0 Å². The van der Waals surface area contributed by atoms with E-state index in [0.717, 1.165) is 16.3 Å². The molecule has 1 saturated heterocycles. The lowest BCUT2D eigenvalue weighted by Crippen LogP contribution is -2.32. The molecule has 0 radical (unpaired) electrons. The van der Waals surface area contributed by atoms with Crippen LogP contribution in [0.1, 0.15) is 16.3 Å². The molecule has 1 aliphatic rings. The van der Waals surface area contributed by atoms with Crippen molar-refractivity contribution in [3.05, 3.63) is 52.0 Å². The van der Waals surface area contributed by atoms with Crippen LogP contribution < -0.4 is 5.32 Å². The van der Waals surface area contributed by atoms with E-state index in [-0.39, 0.29) is 18.5 Å². The summed E-state index contributed by atoms with van der Waals surface area (Å²) < 4.78 is 0. The smallest absolute Gasteiger partial charge is 0.325 e. The molecule has 1 aromatic carbocycles. The predicted octanol–water partition coefficient (Wildman–Crippen LogP) is 2.11. The molecule has 2 heterocycles. The van der Waals surface area contributed by atoms with Crippen LogP contribution in [-0.2, 0) is 17.8 Å². The van der Waals surface area contributed by atoms with Crippen molar-refractivity contribution in [2.24, 2.45) is 0 Å². The number of amides is 3. The standard InChI is InChI=1S/C15H15N3O2S/c1-10-9-21-13(16-10)8-18-14(19)12(17-15(18)20)7-11-5-3-2-4-6-11/h2-6,9,12H,7-8H2,1H3,(H,17,20). The summed E-state index contributed by atoms with van der Waals surface area (Å²) in [6.07, 6.45) is 0.513. The van der Waals surface area contributed by atoms with Gasteiger partial charge < -0.3 is 5.32 Å². The van der Waals surface area contributed by atoms with Crippen LogP contribution in [0.3, 0.4) is 0 Å². The van der Waals surface area contributed by atoms with E-state index in [9.17, 15) is 9.59 Å². The number of carbonyl (C=O) groups excluding carboxylic acids is 2. The number of aryl methyl sites for hydroxylation is 1. The minimum atomic E-state index is -0.485. The molecule has 108 valence electrons. The highest BCUT2D eigenvalue weighted by Gasteiger charge is 2.38. The summed E-state index contributed by atoms with van der Waals surface area (Å²) in [5.74, 6) is -0.184. The number of rotatable bonds is 4. The predicted molar refractivity (Wildman–Crippen MR) is 79.9 cm³/mol. The molecule has 1 aliphatic heterocycles. The van der Waals surface area contributed by atoms with Gasteiger partial charge in [-0.25, -0.2) is 9.78 Å². The maximum Gasteiger partial charge on any atom is 0.325 e. The van der Waals surface area contributed by atoms with Crippen molar-refractivity contribution in [2.45, 2.75) is 25.9 Å². The zero-order valence-electron chi connectivity index (χ0n) is 11.6. The quantitative estimate of drug-likeness (QED) is 0.880. The van der Waals surface area contributed by atoms with E-state index in [1.165, 1.54) is 16.2 Å². The van der Waals surface area contributed by atoms with E-state index in [1.54, 1.807) is 0 Å². The van der Waals surface area contributed by atoms with Crippen LogP contribution in [0.15, 0.2) is 35.7 Å². The van der Waals surface area contributed by atoms with Gasteiger partial charge in [-0.3, -0.25) is 9.69 Å². The second-order valence-corrected chi connectivity index (χ2v) is 5.94. The Morgan fingerprint density at radius 2 is 2.05 bits per heavy atom. The zero-order valence-corrected chi connectivity index (χ0v) is 12.4. The topological polar surface area (TPSA) is 62.3 Å². The third-order valence-electron chi connectivity index (χ3n) is 3.35. The molecule has 1 fully saturated rings. The summed E-state index contributed by atoms with van der Waals surface area (Å²) in [7, 11) is 0. The Kier molecular flexibility index (Phi) is 3.70. The van der Waals surface area contributed by atoms with Gasteiger partial charge in [0, 0.05) is 17.5 Å². The highest BCUT2D eigenvalue weighted by Crippen LogP contribution is 2.17. The number of aromatic nitrogens is 1. The van der Waals surface area contributed by atoms with Crippen LogP contribution in [0.4, 0.5) is 4.79 Å². The van der Waals surface area contributed by atoms with Gasteiger partial charge in [0.05, 0.1) is 6.54 Å². The lowest BCUT2D eigenvalue weighted by atomic mass is 10.1. The maximum absolute atomic E-state index is 12.4. The minimum Gasteiger partial charge on any atom is -0.325 e. The summed E-state index contributed by atoms with van der Waals surface area (Å²) in [4.78, 5) is 29.9. The molecule has 0 saturated carbocycles. The fraction of sp³-hybridized carbons (Fsp3) is 0.267. The van der Waals surface area contributed by atoms with Crippen molar-refractivity contribution in [3.8, 4) is 0 Å². The Balaban J connectivity index is 1.70. The Morgan fingerprint density at radius 1 is 1.29 bits per heavy atom. The number of benzene rings is 1. The summed E-state index contributed by atoms with van der Waals surface area (Å²) >= 11 is 1.46. The van der Waals surface area contributed by atoms with Gasteiger partial charge >= 0.3 is 6.03 Å². The number of nitrogens with zero attached hydrogens (tertiary/aromatic N) is 2. The Hall–Kier alpha value is -2.21. The Morgan fingerprint density at radius 3 is 2.71 bits per heavy atom. The van der Waals surface area contributed by atoms with Gasteiger partial charge in [0.25, 0.3) is 5.91 Å². The molecule has 3 rings (SSSR count). The average molecular weight is 301 g/mol. The first kappa shape index (κ1) is 13.8. The van der Waals surface area contributed by atoms with E-state index in [0.29, 0.717) is 6.42 Å². The van der Waals surface area contributed by atoms with Gasteiger partial charge in [0.2, 0.25) is 0 Å². The van der Waals surface area contributed by atoms with Crippen LogP contribution in [0.2, 0.25) is 0 Å². The molecule has 0 aliphatic carbocycles. The second kappa shape index (κ2) is 5.65. The molecule has 3 amide bonds. The lowest BCUT2D eigenvalue weighted by Gasteiger charge is -2.11. The number of nitrogens with one attached hydrogen (secondary N) is 1. The number of urea groups is 1. The highest BCUT2D eigenvalue weighted by atomic mass is 32.1. The summed E-state index contributed by atoms with van der Waals surface area (Å²) in [5.41, 5.74) is 1.94. The molecule has 1 atom stereocenters. The number of carbonyl (C=O) groups is 2. The SMILES string of the molecule is Cc1csc(CN2C(=O)NC(Cc3ccccc3)C2=O)n1. The molecule has 1 unspecified atom stereocenters. The summed E-state index contributed by atoms with van der Waals surface area (Å²) in [6, 6.07) is 8.85. The Labute approximate surface area is 126 Å². The first-order valence-electron chi connectivity index (χ1n) is 6.70. The average Bonchev–Trinajstić information content (AvgIpc) is 2.99. The molecule has 0 bridgehead atoms. The van der Waals surface area contributed by atoms with Crippen LogP contribution >= 0.6 is 11.3 Å². The third kappa shape index (κ3) is 2.95. The van der Waals surface area contributed by atoms with Crippen LogP contribution in [0.25, 0.3) is 0 Å². The summed E-state index contributed by atoms with van der Waals surface area (Å²) in [6.45, 7) is 2.14. The number of thiazole rings is 1. The third-order valence-corrected chi connectivity index (χ3v) is 4.30. The van der Waals surface area contributed by atoms with Crippen LogP contribution in [0.5, 0.6) is 0 Å². The van der Waals surface area contributed by atoms with E-state index in [1.807, 2.05) is 42.6 Å². The number of hydrogen-bond donors (Lipinski definition) is 1. The minimum absolute atomic E-state index is 0.184. The largest absolute Gasteiger partial charge is 0.325 e. The number of hydrogen-bond acceptors (Lipinski definition) is 4. The second-order valence-electron chi connectivity index (χ2n) is 5.00. The van der Waals surface area contributed by atoms with Gasteiger partial charge in [0.15, 0.2) is 0 Å². The van der Waals surface area contributed by atoms with Crippen molar-refractivity contribution in [1.82, 2.24) is 15.2 Å². The first-order chi connectivity index (χ1) is 10.1. The van der Waals surface area contributed by atoms with Gasteiger partial charge in [-0.05, 0) is 12.5 Å². The van der Waals surface area contributed by atoms with Gasteiger partial charge in [-0.15, -0.1) is 11.3 Å². The number of imide groups is 1. The van der Waals surface area contributed by atoms with Crippen LogP contribution in [0, 0.1) is 6.92 Å². The van der Waals surface area contributed by atoms with Crippen molar-refractivity contribution in [3.63, 3.8) is 0 Å². The van der Waals surface area contributed by atoms with Crippen LogP contribution in [-0.4, -0.2) is 27.9 Å². The van der Waals surface area contributed by atoms with Gasteiger partial charge in [-0.1, -0.05) is 30.3 Å². The molecule has 1 N–H and O–H groups in total. The van der Waals surface area contributed by atoms with Crippen molar-refractivity contribution < 1.29 is 9.59 Å². The van der Waals surface area contributed by atoms with Gasteiger partial charge in [-0.2, -0.15) is 0 Å². The molecular formula is C15H15N3O2S. The maximum atomic E-state index is 12.4. The fourth-order valence-electron chi connectivity index (χ4n) is 2.33.